The molecule has 4 nitrogen and oxygen atoms in total. The van der Waals surface area contributed by atoms with Crippen LogP contribution in [-0.4, -0.2) is 18.5 Å². The number of para-hydroxylation sites is 1. The van der Waals surface area contributed by atoms with Gasteiger partial charge in [0.1, 0.15) is 0 Å². The number of hydrogen-bond acceptors (Lipinski definition) is 3. The molecule has 1 N–H and O–H groups in total. The predicted octanol–water partition coefficient (Wildman–Crippen LogP) is 5.29. The minimum atomic E-state index is -0.499. The van der Waals surface area contributed by atoms with Gasteiger partial charge in [0, 0.05) is 5.69 Å². The van der Waals surface area contributed by atoms with Crippen LogP contribution in [0.1, 0.15) is 68.4 Å². The van der Waals surface area contributed by atoms with Crippen molar-refractivity contribution < 1.29 is 14.3 Å². The summed E-state index contributed by atoms with van der Waals surface area (Å²) < 4.78 is 5.16. The van der Waals surface area contributed by atoms with Gasteiger partial charge in [-0.1, -0.05) is 65.0 Å². The number of benzene rings is 2. The number of anilines is 1. The summed E-state index contributed by atoms with van der Waals surface area (Å²) in [4.78, 5) is 24.4. The zero-order chi connectivity index (χ0) is 20.0. The van der Waals surface area contributed by atoms with Gasteiger partial charge in [-0.2, -0.15) is 0 Å². The van der Waals surface area contributed by atoms with E-state index in [1.807, 2.05) is 36.4 Å². The van der Waals surface area contributed by atoms with Gasteiger partial charge in [0.25, 0.3) is 5.91 Å². The van der Waals surface area contributed by atoms with Crippen LogP contribution < -0.4 is 5.32 Å². The van der Waals surface area contributed by atoms with Gasteiger partial charge in [-0.3, -0.25) is 4.79 Å². The van der Waals surface area contributed by atoms with Crippen LogP contribution in [0.25, 0.3) is 0 Å². The van der Waals surface area contributed by atoms with Gasteiger partial charge in [0.05, 0.1) is 5.56 Å². The first-order valence-corrected chi connectivity index (χ1v) is 9.38. The molecular weight excluding hydrogens is 338 g/mol. The van der Waals surface area contributed by atoms with Crippen molar-refractivity contribution in [2.45, 2.75) is 52.4 Å². The largest absolute Gasteiger partial charge is 0.452 e. The van der Waals surface area contributed by atoms with Crippen molar-refractivity contribution in [3.63, 3.8) is 0 Å². The molecule has 0 aromatic heterocycles. The second kappa shape index (κ2) is 8.85. The van der Waals surface area contributed by atoms with Crippen LogP contribution in [0.15, 0.2) is 48.5 Å². The molecule has 2 aromatic carbocycles. The second-order valence-corrected chi connectivity index (χ2v) is 7.85. The number of hydrogen-bond donors (Lipinski definition) is 1. The Kier molecular flexibility index (Phi) is 6.78. The normalized spacial score (nSPS) is 12.3. The Labute approximate surface area is 161 Å². The highest BCUT2D eigenvalue weighted by Crippen LogP contribution is 2.26. The molecule has 0 saturated carbocycles. The number of nitrogens with one attached hydrogen (secondary N) is 1. The van der Waals surface area contributed by atoms with E-state index in [2.05, 4.69) is 39.9 Å². The number of amides is 1. The van der Waals surface area contributed by atoms with Gasteiger partial charge in [0.2, 0.25) is 0 Å². The number of carbonyl (C=O) groups excluding carboxylic acids is 2. The first-order chi connectivity index (χ1) is 12.7. The van der Waals surface area contributed by atoms with E-state index in [-0.39, 0.29) is 17.9 Å². The molecule has 0 aliphatic carbocycles. The predicted molar refractivity (Wildman–Crippen MR) is 109 cm³/mol. The maximum absolute atomic E-state index is 12.2. The van der Waals surface area contributed by atoms with Gasteiger partial charge >= 0.3 is 5.97 Å². The molecule has 1 atom stereocenters. The van der Waals surface area contributed by atoms with Crippen molar-refractivity contribution in [1.29, 1.82) is 0 Å². The molecule has 27 heavy (non-hydrogen) atoms. The summed E-state index contributed by atoms with van der Waals surface area (Å²) in [5.41, 5.74) is 3.44. The molecule has 0 saturated heterocycles. The SMILES string of the molecule is CCC(C)c1ccccc1NC(=O)COC(=O)c1ccc(C(C)(C)C)cc1. The fraction of sp³-hybridized carbons (Fsp3) is 0.391. The van der Waals surface area contributed by atoms with E-state index >= 15 is 0 Å². The minimum absolute atomic E-state index is 0.0192. The molecular formula is C23H29NO3. The first-order valence-electron chi connectivity index (χ1n) is 9.38. The molecule has 0 fully saturated rings. The lowest BCUT2D eigenvalue weighted by molar-refractivity contribution is -0.119. The molecule has 0 radical (unpaired) electrons. The van der Waals surface area contributed by atoms with Crippen LogP contribution in [0.3, 0.4) is 0 Å². The van der Waals surface area contributed by atoms with E-state index in [4.69, 9.17) is 4.74 Å². The Hall–Kier alpha value is -2.62. The van der Waals surface area contributed by atoms with E-state index in [1.165, 1.54) is 0 Å². The van der Waals surface area contributed by atoms with Crippen molar-refractivity contribution in [3.8, 4) is 0 Å². The van der Waals surface area contributed by atoms with Crippen LogP contribution in [0.2, 0.25) is 0 Å². The maximum Gasteiger partial charge on any atom is 0.338 e. The van der Waals surface area contributed by atoms with E-state index in [0.29, 0.717) is 11.5 Å². The lowest BCUT2D eigenvalue weighted by atomic mass is 9.87. The molecule has 0 spiro atoms. The Morgan fingerprint density at radius 2 is 1.67 bits per heavy atom. The van der Waals surface area contributed by atoms with E-state index < -0.39 is 5.97 Å². The average Bonchev–Trinajstić information content (AvgIpc) is 2.65. The molecule has 0 bridgehead atoms. The fourth-order valence-electron chi connectivity index (χ4n) is 2.77. The van der Waals surface area contributed by atoms with E-state index in [0.717, 1.165) is 23.2 Å². The lowest BCUT2D eigenvalue weighted by Gasteiger charge is -2.19. The summed E-state index contributed by atoms with van der Waals surface area (Å²) in [6.45, 7) is 10.3. The van der Waals surface area contributed by atoms with Crippen LogP contribution >= 0.6 is 0 Å². The summed E-state index contributed by atoms with van der Waals surface area (Å²) in [6.07, 6.45) is 0.979. The molecule has 2 rings (SSSR count). The van der Waals surface area contributed by atoms with Crippen molar-refractivity contribution in [1.82, 2.24) is 0 Å². The Bertz CT molecular complexity index is 788. The third-order valence-corrected chi connectivity index (χ3v) is 4.70. The number of esters is 1. The second-order valence-electron chi connectivity index (χ2n) is 7.85. The third kappa shape index (κ3) is 5.68. The molecule has 1 unspecified atom stereocenters. The standard InChI is InChI=1S/C23H29NO3/c1-6-16(2)19-9-7-8-10-20(19)24-21(25)15-27-22(26)17-11-13-18(14-12-17)23(3,4)5/h7-14,16H,6,15H2,1-5H3,(H,24,25). The topological polar surface area (TPSA) is 55.4 Å². The van der Waals surface area contributed by atoms with Crippen LogP contribution in [0.5, 0.6) is 0 Å². The smallest absolute Gasteiger partial charge is 0.338 e. The summed E-state index contributed by atoms with van der Waals surface area (Å²) in [5.74, 6) is -0.503. The van der Waals surface area contributed by atoms with Crippen molar-refractivity contribution in [2.75, 3.05) is 11.9 Å². The lowest BCUT2D eigenvalue weighted by Crippen LogP contribution is -2.22. The molecule has 4 heteroatoms. The minimum Gasteiger partial charge on any atom is -0.452 e. The van der Waals surface area contributed by atoms with Gasteiger partial charge in [-0.05, 0) is 47.1 Å². The number of carbonyl (C=O) groups is 2. The zero-order valence-electron chi connectivity index (χ0n) is 16.8. The Morgan fingerprint density at radius 1 is 1.04 bits per heavy atom. The van der Waals surface area contributed by atoms with Crippen LogP contribution in [-0.2, 0) is 14.9 Å². The Morgan fingerprint density at radius 3 is 2.26 bits per heavy atom. The van der Waals surface area contributed by atoms with E-state index in [9.17, 15) is 9.59 Å². The molecule has 0 heterocycles. The monoisotopic (exact) mass is 367 g/mol. The van der Waals surface area contributed by atoms with Crippen LogP contribution in [0, 0.1) is 0 Å². The van der Waals surface area contributed by atoms with Gasteiger partial charge in [-0.25, -0.2) is 4.79 Å². The van der Waals surface area contributed by atoms with Crippen LogP contribution in [0.4, 0.5) is 5.69 Å². The quantitative estimate of drug-likeness (QED) is 0.706. The highest BCUT2D eigenvalue weighted by molar-refractivity contribution is 5.96. The molecule has 144 valence electrons. The van der Waals surface area contributed by atoms with Gasteiger partial charge in [0.15, 0.2) is 6.61 Å². The van der Waals surface area contributed by atoms with Crippen molar-refractivity contribution in [3.05, 3.63) is 65.2 Å². The summed E-state index contributed by atoms with van der Waals surface area (Å²) in [5, 5.41) is 2.85. The van der Waals surface area contributed by atoms with Crippen molar-refractivity contribution in [2.24, 2.45) is 0 Å². The molecule has 0 aliphatic heterocycles. The van der Waals surface area contributed by atoms with E-state index in [1.54, 1.807) is 12.1 Å². The van der Waals surface area contributed by atoms with Gasteiger partial charge < -0.3 is 10.1 Å². The van der Waals surface area contributed by atoms with Gasteiger partial charge in [-0.15, -0.1) is 0 Å². The van der Waals surface area contributed by atoms with Crippen molar-refractivity contribution >= 4 is 17.6 Å². The Balaban J connectivity index is 1.95. The zero-order valence-corrected chi connectivity index (χ0v) is 16.8. The fourth-order valence-corrected chi connectivity index (χ4v) is 2.77. The average molecular weight is 367 g/mol. The summed E-state index contributed by atoms with van der Waals surface area (Å²) in [6, 6.07) is 15.0. The summed E-state index contributed by atoms with van der Waals surface area (Å²) >= 11 is 0. The number of ether oxygens (including phenoxy) is 1. The molecule has 2 aromatic rings. The first kappa shape index (κ1) is 20.7. The molecule has 1 amide bonds. The number of rotatable bonds is 6. The highest BCUT2D eigenvalue weighted by Gasteiger charge is 2.16. The summed E-state index contributed by atoms with van der Waals surface area (Å²) in [7, 11) is 0. The highest BCUT2D eigenvalue weighted by atomic mass is 16.5. The third-order valence-electron chi connectivity index (χ3n) is 4.70. The maximum atomic E-state index is 12.2. The molecule has 0 aliphatic rings.